The number of carbonyl (C=O) groups is 1. The Bertz CT molecular complexity index is 669. The van der Waals surface area contributed by atoms with Crippen molar-refractivity contribution in [2.24, 2.45) is 16.6 Å². The van der Waals surface area contributed by atoms with Crippen molar-refractivity contribution in [2.75, 3.05) is 32.7 Å². The highest BCUT2D eigenvalue weighted by molar-refractivity contribution is 14.0. The molecule has 6 nitrogen and oxygen atoms in total. The zero-order valence-corrected chi connectivity index (χ0v) is 20.6. The van der Waals surface area contributed by atoms with Gasteiger partial charge in [0.25, 0.3) is 0 Å². The molecule has 1 amide bonds. The molecule has 1 aromatic carbocycles. The van der Waals surface area contributed by atoms with Gasteiger partial charge in [0, 0.05) is 38.6 Å². The number of benzene rings is 1. The van der Waals surface area contributed by atoms with Crippen LogP contribution in [0, 0.1) is 5.92 Å². The quantitative estimate of drug-likeness (QED) is 0.325. The van der Waals surface area contributed by atoms with E-state index in [0.717, 1.165) is 58.1 Å². The molecule has 2 aliphatic heterocycles. The highest BCUT2D eigenvalue weighted by Gasteiger charge is 2.25. The van der Waals surface area contributed by atoms with E-state index < -0.39 is 0 Å². The summed E-state index contributed by atoms with van der Waals surface area (Å²) >= 11 is 0. The molecule has 0 radical (unpaired) electrons. The lowest BCUT2D eigenvalue weighted by Gasteiger charge is -2.37. The van der Waals surface area contributed by atoms with E-state index in [1.165, 1.54) is 24.8 Å². The monoisotopic (exact) mass is 527 g/mol. The van der Waals surface area contributed by atoms with Gasteiger partial charge in [-0.15, -0.1) is 24.0 Å². The minimum absolute atomic E-state index is 0. The molecule has 1 aromatic rings. The zero-order chi connectivity index (χ0) is 20.5. The van der Waals surface area contributed by atoms with Crippen LogP contribution >= 0.6 is 24.0 Å². The number of guanidine groups is 1. The van der Waals surface area contributed by atoms with E-state index in [1.54, 1.807) is 0 Å². The van der Waals surface area contributed by atoms with E-state index in [2.05, 4.69) is 52.4 Å². The molecule has 0 bridgehead atoms. The summed E-state index contributed by atoms with van der Waals surface area (Å²) in [5.41, 5.74) is 6.80. The predicted molar refractivity (Wildman–Crippen MR) is 134 cm³/mol. The first-order valence-corrected chi connectivity index (χ1v) is 11.2. The lowest BCUT2D eigenvalue weighted by atomic mass is 9.95. The van der Waals surface area contributed by atoms with Crippen LogP contribution in [-0.4, -0.2) is 60.4 Å². The lowest BCUT2D eigenvalue weighted by molar-refractivity contribution is -0.119. The summed E-state index contributed by atoms with van der Waals surface area (Å²) in [5, 5.41) is 3.47. The van der Waals surface area contributed by atoms with Crippen LogP contribution in [0.15, 0.2) is 35.3 Å². The van der Waals surface area contributed by atoms with Gasteiger partial charge in [-0.1, -0.05) is 36.8 Å². The molecule has 3 rings (SSSR count). The van der Waals surface area contributed by atoms with Gasteiger partial charge in [0.05, 0.1) is 6.54 Å². The molecular formula is C23H38IN5O. The summed E-state index contributed by atoms with van der Waals surface area (Å²) in [5.74, 6) is 1.14. The minimum atomic E-state index is -0.197. The van der Waals surface area contributed by atoms with E-state index in [4.69, 9.17) is 10.7 Å². The lowest BCUT2D eigenvalue weighted by Crippen LogP contribution is -2.48. The molecule has 2 unspecified atom stereocenters. The van der Waals surface area contributed by atoms with Crippen LogP contribution in [0.3, 0.4) is 0 Å². The van der Waals surface area contributed by atoms with Crippen molar-refractivity contribution in [1.29, 1.82) is 0 Å². The van der Waals surface area contributed by atoms with Gasteiger partial charge in [-0.05, 0) is 50.6 Å². The second kappa shape index (κ2) is 13.1. The average molecular weight is 527 g/mol. The smallest absolute Gasteiger partial charge is 0.217 e. The Morgan fingerprint density at radius 2 is 1.97 bits per heavy atom. The number of nitrogens with zero attached hydrogens (tertiary/aromatic N) is 3. The third-order valence-electron chi connectivity index (χ3n) is 6.07. The number of rotatable bonds is 7. The molecule has 2 fully saturated rings. The first kappa shape index (κ1) is 24.9. The SMILES string of the molecule is CCNC(=NCC1CCCCN1Cc1ccccc1)N1CCCC(CC(N)=O)C1.I. The Labute approximate surface area is 198 Å². The second-order valence-corrected chi connectivity index (χ2v) is 8.43. The van der Waals surface area contributed by atoms with Crippen molar-refractivity contribution in [3.63, 3.8) is 0 Å². The summed E-state index contributed by atoms with van der Waals surface area (Å²) < 4.78 is 0. The molecule has 0 aliphatic carbocycles. The fourth-order valence-electron chi connectivity index (χ4n) is 4.62. The third-order valence-corrected chi connectivity index (χ3v) is 6.07. The Morgan fingerprint density at radius 3 is 2.70 bits per heavy atom. The number of piperidine rings is 2. The van der Waals surface area contributed by atoms with Crippen molar-refractivity contribution < 1.29 is 4.79 Å². The molecule has 0 saturated carbocycles. The fourth-order valence-corrected chi connectivity index (χ4v) is 4.62. The van der Waals surface area contributed by atoms with E-state index in [9.17, 15) is 4.79 Å². The van der Waals surface area contributed by atoms with Crippen molar-refractivity contribution in [3.8, 4) is 0 Å². The first-order chi connectivity index (χ1) is 14.2. The first-order valence-electron chi connectivity index (χ1n) is 11.2. The van der Waals surface area contributed by atoms with Crippen LogP contribution in [0.2, 0.25) is 0 Å². The van der Waals surface area contributed by atoms with Gasteiger partial charge in [-0.2, -0.15) is 0 Å². The zero-order valence-electron chi connectivity index (χ0n) is 18.3. The molecule has 2 aliphatic rings. The summed E-state index contributed by atoms with van der Waals surface area (Å²) in [6.45, 7) is 7.81. The third kappa shape index (κ3) is 7.72. The Balaban J connectivity index is 0.00000320. The Kier molecular flexibility index (Phi) is 10.9. The van der Waals surface area contributed by atoms with Gasteiger partial charge >= 0.3 is 0 Å². The van der Waals surface area contributed by atoms with Crippen LogP contribution in [0.5, 0.6) is 0 Å². The van der Waals surface area contributed by atoms with Gasteiger partial charge < -0.3 is 16.0 Å². The number of hydrogen-bond acceptors (Lipinski definition) is 3. The van der Waals surface area contributed by atoms with Crippen LogP contribution in [0.1, 0.15) is 51.0 Å². The van der Waals surface area contributed by atoms with E-state index >= 15 is 0 Å². The molecule has 30 heavy (non-hydrogen) atoms. The number of amides is 1. The number of likely N-dealkylation sites (tertiary alicyclic amines) is 2. The second-order valence-electron chi connectivity index (χ2n) is 8.43. The fraction of sp³-hybridized carbons (Fsp3) is 0.652. The summed E-state index contributed by atoms with van der Waals surface area (Å²) in [6.07, 6.45) is 6.40. The van der Waals surface area contributed by atoms with Crippen molar-refractivity contribution in [3.05, 3.63) is 35.9 Å². The average Bonchev–Trinajstić information content (AvgIpc) is 2.72. The molecular weight excluding hydrogens is 489 g/mol. The minimum Gasteiger partial charge on any atom is -0.370 e. The van der Waals surface area contributed by atoms with E-state index in [0.29, 0.717) is 18.4 Å². The number of nitrogens with two attached hydrogens (primary N) is 1. The molecule has 0 aromatic heterocycles. The maximum atomic E-state index is 11.3. The van der Waals surface area contributed by atoms with Crippen LogP contribution in [0.25, 0.3) is 0 Å². The maximum absolute atomic E-state index is 11.3. The van der Waals surface area contributed by atoms with Crippen molar-refractivity contribution >= 4 is 35.8 Å². The standard InChI is InChI=1S/C23H37N5O.HI/c1-2-25-23(28-14-8-11-20(18-28)15-22(24)29)26-16-21-12-6-7-13-27(21)17-19-9-4-3-5-10-19;/h3-5,9-10,20-21H,2,6-8,11-18H2,1H3,(H2,24,29)(H,25,26);1H. The molecule has 2 atom stereocenters. The van der Waals surface area contributed by atoms with Crippen molar-refractivity contribution in [2.45, 2.75) is 58.0 Å². The van der Waals surface area contributed by atoms with Gasteiger partial charge in [0.15, 0.2) is 5.96 Å². The number of carbonyl (C=O) groups excluding carboxylic acids is 1. The molecule has 2 saturated heterocycles. The Morgan fingerprint density at radius 1 is 1.17 bits per heavy atom. The van der Waals surface area contributed by atoms with E-state index in [-0.39, 0.29) is 29.9 Å². The normalized spacial score (nSPS) is 23.0. The maximum Gasteiger partial charge on any atom is 0.217 e. The van der Waals surface area contributed by atoms with Gasteiger partial charge in [-0.3, -0.25) is 14.7 Å². The summed E-state index contributed by atoms with van der Waals surface area (Å²) in [6, 6.07) is 11.2. The highest BCUT2D eigenvalue weighted by atomic mass is 127. The van der Waals surface area contributed by atoms with Crippen molar-refractivity contribution in [1.82, 2.24) is 15.1 Å². The predicted octanol–water partition coefficient (Wildman–Crippen LogP) is 3.21. The van der Waals surface area contributed by atoms with Gasteiger partial charge in [0.2, 0.25) is 5.91 Å². The number of halogens is 1. The van der Waals surface area contributed by atoms with Crippen LogP contribution < -0.4 is 11.1 Å². The largest absolute Gasteiger partial charge is 0.370 e. The van der Waals surface area contributed by atoms with Gasteiger partial charge in [-0.25, -0.2) is 0 Å². The van der Waals surface area contributed by atoms with Crippen LogP contribution in [-0.2, 0) is 11.3 Å². The molecule has 2 heterocycles. The van der Waals surface area contributed by atoms with E-state index in [1.807, 2.05) is 0 Å². The molecule has 3 N–H and O–H groups in total. The number of primary amides is 1. The van der Waals surface area contributed by atoms with Gasteiger partial charge in [0.1, 0.15) is 0 Å². The van der Waals surface area contributed by atoms with Crippen LogP contribution in [0.4, 0.5) is 0 Å². The number of aliphatic imine (C=N–C) groups is 1. The molecule has 168 valence electrons. The number of nitrogens with one attached hydrogen (secondary N) is 1. The topological polar surface area (TPSA) is 74.0 Å². The Hall–Kier alpha value is -1.35. The highest BCUT2D eigenvalue weighted by Crippen LogP contribution is 2.22. The molecule has 0 spiro atoms. The number of hydrogen-bond donors (Lipinski definition) is 2. The molecule has 7 heteroatoms. The summed E-state index contributed by atoms with van der Waals surface area (Å²) in [4.78, 5) is 21.3. The summed E-state index contributed by atoms with van der Waals surface area (Å²) in [7, 11) is 0.